The number of nitriles is 1. The molecule has 0 aliphatic rings. The zero-order valence-corrected chi connectivity index (χ0v) is 17.6. The minimum absolute atomic E-state index is 0.578. The van der Waals surface area contributed by atoms with Gasteiger partial charge in [-0.2, -0.15) is 5.26 Å². The van der Waals surface area contributed by atoms with Crippen LogP contribution in [0.5, 0.6) is 0 Å². The average Bonchev–Trinajstić information content (AvgIpc) is 2.74. The van der Waals surface area contributed by atoms with Gasteiger partial charge in [0, 0.05) is 39.2 Å². The van der Waals surface area contributed by atoms with E-state index < -0.39 is 10.8 Å². The normalized spacial score (nSPS) is 11.8. The molecule has 1 heterocycles. The minimum atomic E-state index is -0.826. The van der Waals surface area contributed by atoms with E-state index in [1.807, 2.05) is 43.3 Å². The smallest absolute Gasteiger partial charge is 0.115 e. The number of hydrogen-bond donors (Lipinski definition) is 0. The van der Waals surface area contributed by atoms with E-state index in [1.165, 1.54) is 17.3 Å². The van der Waals surface area contributed by atoms with Crippen molar-refractivity contribution in [2.45, 2.75) is 18.9 Å². The highest BCUT2D eigenvalue weighted by atomic mass is 32.2. The first-order valence-corrected chi connectivity index (χ1v) is 11.6. The Labute approximate surface area is 173 Å². The van der Waals surface area contributed by atoms with Crippen molar-refractivity contribution < 1.29 is 4.21 Å². The Morgan fingerprint density at radius 3 is 2.43 bits per heavy atom. The lowest BCUT2D eigenvalue weighted by Crippen LogP contribution is -2.03. The number of aryl methyl sites for hydroxylation is 1. The third-order valence-electron chi connectivity index (χ3n) is 4.40. The highest BCUT2D eigenvalue weighted by Gasteiger charge is 2.16. The van der Waals surface area contributed by atoms with Crippen molar-refractivity contribution in [3.8, 4) is 28.5 Å². The average molecular weight is 407 g/mol. The molecule has 0 saturated heterocycles. The van der Waals surface area contributed by atoms with E-state index in [1.54, 1.807) is 0 Å². The van der Waals surface area contributed by atoms with E-state index in [-0.39, 0.29) is 0 Å². The number of aromatic nitrogens is 1. The lowest BCUT2D eigenvalue weighted by Gasteiger charge is -2.12. The van der Waals surface area contributed by atoms with Crippen LogP contribution >= 0.6 is 11.8 Å². The molecule has 28 heavy (non-hydrogen) atoms. The molecule has 3 nitrogen and oxygen atoms in total. The Morgan fingerprint density at radius 1 is 1.07 bits per heavy atom. The quantitative estimate of drug-likeness (QED) is 0.489. The molecule has 0 N–H and O–H groups in total. The molecule has 1 aromatic heterocycles. The predicted octanol–water partition coefficient (Wildman–Crippen LogP) is 5.46. The van der Waals surface area contributed by atoms with Gasteiger partial charge in [0.15, 0.2) is 0 Å². The summed E-state index contributed by atoms with van der Waals surface area (Å²) in [7, 11) is -0.826. The maximum atomic E-state index is 11.8. The Morgan fingerprint density at radius 2 is 1.79 bits per heavy atom. The lowest BCUT2D eigenvalue weighted by atomic mass is 9.99. The third-order valence-corrected chi connectivity index (χ3v) is 6.94. The Kier molecular flexibility index (Phi) is 7.02. The van der Waals surface area contributed by atoms with Crippen LogP contribution in [0.1, 0.15) is 18.1 Å². The minimum Gasteiger partial charge on any atom is -0.260 e. The summed E-state index contributed by atoms with van der Waals surface area (Å²) in [4.78, 5) is 4.79. The summed E-state index contributed by atoms with van der Waals surface area (Å²) >= 11 is 1.51. The first kappa shape index (κ1) is 20.3. The van der Waals surface area contributed by atoms with Crippen LogP contribution in [-0.4, -0.2) is 26.5 Å². The van der Waals surface area contributed by atoms with Gasteiger partial charge in [0.05, 0.1) is 11.3 Å². The van der Waals surface area contributed by atoms with E-state index >= 15 is 0 Å². The van der Waals surface area contributed by atoms with E-state index in [0.717, 1.165) is 22.4 Å². The van der Waals surface area contributed by atoms with Gasteiger partial charge in [-0.15, -0.1) is 11.8 Å². The van der Waals surface area contributed by atoms with Gasteiger partial charge in [-0.05, 0) is 18.6 Å². The van der Waals surface area contributed by atoms with Gasteiger partial charge in [-0.3, -0.25) is 4.21 Å². The molecule has 0 amide bonds. The van der Waals surface area contributed by atoms with Crippen molar-refractivity contribution in [1.82, 2.24) is 4.98 Å². The van der Waals surface area contributed by atoms with Gasteiger partial charge in [0.2, 0.25) is 0 Å². The van der Waals surface area contributed by atoms with E-state index in [4.69, 9.17) is 4.98 Å². The molecule has 0 bridgehead atoms. The second kappa shape index (κ2) is 9.68. The van der Waals surface area contributed by atoms with Crippen LogP contribution in [0.2, 0.25) is 0 Å². The van der Waals surface area contributed by atoms with Gasteiger partial charge in [0.25, 0.3) is 0 Å². The van der Waals surface area contributed by atoms with Crippen LogP contribution in [0.15, 0.2) is 65.7 Å². The van der Waals surface area contributed by atoms with Crippen molar-refractivity contribution in [1.29, 1.82) is 5.26 Å². The fraction of sp³-hybridized carbons (Fsp3) is 0.217. The summed E-state index contributed by atoms with van der Waals surface area (Å²) in [6.45, 7) is 3.98. The number of benzene rings is 2. The molecule has 2 aromatic carbocycles. The van der Waals surface area contributed by atoms with Crippen LogP contribution in [-0.2, 0) is 10.8 Å². The number of pyridine rings is 1. The molecule has 0 saturated carbocycles. The highest BCUT2D eigenvalue weighted by molar-refractivity contribution is 8.00. The molecule has 1 atom stereocenters. The second-order valence-electron chi connectivity index (χ2n) is 6.36. The van der Waals surface area contributed by atoms with Gasteiger partial charge < -0.3 is 0 Å². The van der Waals surface area contributed by atoms with Crippen LogP contribution < -0.4 is 0 Å². The number of thioether (sulfide) groups is 1. The molecule has 0 aliphatic carbocycles. The fourth-order valence-electron chi connectivity index (χ4n) is 2.83. The molecule has 3 rings (SSSR count). The lowest BCUT2D eigenvalue weighted by molar-refractivity contribution is 0.685. The molecule has 5 heteroatoms. The van der Waals surface area contributed by atoms with Gasteiger partial charge >= 0.3 is 0 Å². The Balaban J connectivity index is 2.08. The second-order valence-corrected chi connectivity index (χ2v) is 9.31. The Bertz CT molecular complexity index is 1010. The fourth-order valence-corrected chi connectivity index (χ4v) is 4.85. The van der Waals surface area contributed by atoms with Gasteiger partial charge in [-0.25, -0.2) is 4.98 Å². The van der Waals surface area contributed by atoms with E-state index in [0.29, 0.717) is 27.8 Å². The summed E-state index contributed by atoms with van der Waals surface area (Å²) in [5.74, 6) is 1.93. The molecule has 0 aliphatic heterocycles. The molecule has 0 spiro atoms. The maximum absolute atomic E-state index is 11.8. The third kappa shape index (κ3) is 4.89. The highest BCUT2D eigenvalue weighted by Crippen LogP contribution is 2.34. The van der Waals surface area contributed by atoms with Crippen molar-refractivity contribution in [3.05, 3.63) is 71.8 Å². The molecule has 0 fully saturated rings. The first-order valence-electron chi connectivity index (χ1n) is 9.17. The van der Waals surface area contributed by atoms with Gasteiger partial charge in [-0.1, -0.05) is 67.1 Å². The topological polar surface area (TPSA) is 53.8 Å². The summed E-state index contributed by atoms with van der Waals surface area (Å²) in [5.41, 5.74) is 5.51. The summed E-state index contributed by atoms with van der Waals surface area (Å²) < 4.78 is 11.8. The van der Waals surface area contributed by atoms with Crippen molar-refractivity contribution in [2.75, 3.05) is 17.3 Å². The predicted molar refractivity (Wildman–Crippen MR) is 119 cm³/mol. The summed E-state index contributed by atoms with van der Waals surface area (Å²) in [5, 5.41) is 10.6. The van der Waals surface area contributed by atoms with Crippen LogP contribution in [0.4, 0.5) is 0 Å². The first-order chi connectivity index (χ1) is 13.6. The van der Waals surface area contributed by atoms with Crippen LogP contribution in [0.25, 0.3) is 22.4 Å². The largest absolute Gasteiger partial charge is 0.260 e. The van der Waals surface area contributed by atoms with Crippen molar-refractivity contribution in [3.63, 3.8) is 0 Å². The van der Waals surface area contributed by atoms with Crippen LogP contribution in [0.3, 0.4) is 0 Å². The molecule has 142 valence electrons. The SMILES string of the molecule is CC[S@@](=O)CCSc1nc(-c2ccc(C)cc2)cc(-c2ccccc2)c1C#N. The molecular formula is C23H22N2OS2. The summed E-state index contributed by atoms with van der Waals surface area (Å²) in [6, 6.07) is 22.5. The molecule has 0 radical (unpaired) electrons. The van der Waals surface area contributed by atoms with E-state index in [9.17, 15) is 9.47 Å². The van der Waals surface area contributed by atoms with E-state index in [2.05, 4.69) is 37.3 Å². The standard InChI is InChI=1S/C23H22N2OS2/c1-3-28(26)14-13-27-23-21(16-24)20(18-7-5-4-6-8-18)15-22(25-23)19-11-9-17(2)10-12-19/h4-12,15H,3,13-14H2,1-2H3/t28-/m1/s1. The molecule has 0 unspecified atom stereocenters. The summed E-state index contributed by atoms with van der Waals surface area (Å²) in [6.07, 6.45) is 0. The molecular weight excluding hydrogens is 384 g/mol. The van der Waals surface area contributed by atoms with Crippen molar-refractivity contribution in [2.24, 2.45) is 0 Å². The zero-order chi connectivity index (χ0) is 19.9. The number of rotatable bonds is 7. The number of hydrogen-bond acceptors (Lipinski definition) is 4. The maximum Gasteiger partial charge on any atom is 0.115 e. The van der Waals surface area contributed by atoms with Gasteiger partial charge in [0.1, 0.15) is 11.1 Å². The van der Waals surface area contributed by atoms with Crippen LogP contribution in [0, 0.1) is 18.3 Å². The Hall–Kier alpha value is -2.42. The zero-order valence-electron chi connectivity index (χ0n) is 16.0. The monoisotopic (exact) mass is 406 g/mol. The van der Waals surface area contributed by atoms with Crippen molar-refractivity contribution >= 4 is 22.6 Å². The number of nitrogens with zero attached hydrogens (tertiary/aromatic N) is 2. The molecule has 3 aromatic rings.